The molecule has 6 heteroatoms. The van der Waals surface area contributed by atoms with Gasteiger partial charge in [0.25, 0.3) is 6.02 Å². The molecule has 0 unspecified atom stereocenters. The molecule has 1 fully saturated rings. The minimum Gasteiger partial charge on any atom is -0.455 e. The first kappa shape index (κ1) is 18.6. The van der Waals surface area contributed by atoms with Gasteiger partial charge >= 0.3 is 0 Å². The highest BCUT2D eigenvalue weighted by Crippen LogP contribution is 2.39. The molecule has 1 spiro atoms. The number of halogens is 2. The van der Waals surface area contributed by atoms with Crippen molar-refractivity contribution >= 4 is 6.02 Å². The molecule has 3 heterocycles. The molecule has 152 valence electrons. The van der Waals surface area contributed by atoms with Crippen LogP contribution < -0.4 is 0 Å². The first-order valence-electron chi connectivity index (χ1n) is 10.3. The molecule has 0 aromatic heterocycles. The molecular weight excluding hydrogens is 372 g/mol. The lowest BCUT2D eigenvalue weighted by Gasteiger charge is -2.41. The number of likely N-dealkylation sites (tertiary alicyclic amines) is 1. The Morgan fingerprint density at radius 1 is 1.10 bits per heavy atom. The van der Waals surface area contributed by atoms with Gasteiger partial charge in [0.15, 0.2) is 0 Å². The summed E-state index contributed by atoms with van der Waals surface area (Å²) in [4.78, 5) is 9.14. The lowest BCUT2D eigenvalue weighted by molar-refractivity contribution is 0.000250. The number of rotatable bonds is 1. The van der Waals surface area contributed by atoms with Gasteiger partial charge in [-0.05, 0) is 61.7 Å². The van der Waals surface area contributed by atoms with Crippen LogP contribution in [0.3, 0.4) is 0 Å². The van der Waals surface area contributed by atoms with Gasteiger partial charge in [-0.2, -0.15) is 0 Å². The van der Waals surface area contributed by atoms with Gasteiger partial charge in [-0.15, -0.1) is 0 Å². The average Bonchev–Trinajstić information content (AvgIpc) is 3.09. The largest absolute Gasteiger partial charge is 0.455 e. The van der Waals surface area contributed by atoms with Gasteiger partial charge in [-0.25, -0.2) is 13.8 Å². The maximum atomic E-state index is 14.1. The molecule has 0 saturated carbocycles. The highest BCUT2D eigenvalue weighted by atomic mass is 19.1. The smallest absolute Gasteiger partial charge is 0.288 e. The summed E-state index contributed by atoms with van der Waals surface area (Å²) in [5, 5.41) is 0. The summed E-state index contributed by atoms with van der Waals surface area (Å²) >= 11 is 0. The van der Waals surface area contributed by atoms with Crippen molar-refractivity contribution in [3.05, 3.63) is 70.8 Å². The van der Waals surface area contributed by atoms with Crippen molar-refractivity contribution in [2.45, 2.75) is 30.9 Å². The monoisotopic (exact) mass is 397 g/mol. The van der Waals surface area contributed by atoms with E-state index in [4.69, 9.17) is 9.73 Å². The van der Waals surface area contributed by atoms with Crippen LogP contribution in [0, 0.1) is 11.6 Å². The van der Waals surface area contributed by atoms with Crippen LogP contribution in [0.15, 0.2) is 47.5 Å². The fourth-order valence-corrected chi connectivity index (χ4v) is 5.02. The third-order valence-electron chi connectivity index (χ3n) is 6.27. The standard InChI is InChI=1S/C23H25F2N3O/c1-27-9-4-8-23(15-27)14-26-22(29-23)28-10-7-16-5-2-3-6-20(16)21(28)17-11-18(24)13-19(25)12-17/h2-3,5-6,11-13,21H,4,7-10,14-15H2,1H3/t21-,23+/m1/s1. The molecule has 0 N–H and O–H groups in total. The molecule has 0 radical (unpaired) electrons. The fourth-order valence-electron chi connectivity index (χ4n) is 5.02. The molecule has 4 nitrogen and oxygen atoms in total. The Labute approximate surface area is 169 Å². The van der Waals surface area contributed by atoms with Gasteiger partial charge in [-0.3, -0.25) is 0 Å². The third kappa shape index (κ3) is 3.39. The van der Waals surface area contributed by atoms with Crippen molar-refractivity contribution in [1.29, 1.82) is 0 Å². The predicted molar refractivity (Wildman–Crippen MR) is 108 cm³/mol. The van der Waals surface area contributed by atoms with E-state index in [1.54, 1.807) is 0 Å². The number of hydrogen-bond acceptors (Lipinski definition) is 4. The Hall–Kier alpha value is -2.47. The number of piperidine rings is 1. The average molecular weight is 397 g/mol. The summed E-state index contributed by atoms with van der Waals surface area (Å²) in [7, 11) is 2.11. The minimum absolute atomic E-state index is 0.281. The van der Waals surface area contributed by atoms with Gasteiger partial charge < -0.3 is 14.5 Å². The number of nitrogens with zero attached hydrogens (tertiary/aromatic N) is 3. The number of fused-ring (bicyclic) bond motifs is 1. The Balaban J connectivity index is 1.52. The zero-order valence-corrected chi connectivity index (χ0v) is 16.6. The topological polar surface area (TPSA) is 28.1 Å². The molecule has 2 atom stereocenters. The van der Waals surface area contributed by atoms with Crippen LogP contribution in [0.2, 0.25) is 0 Å². The molecule has 0 bridgehead atoms. The molecule has 0 aliphatic carbocycles. The Bertz CT molecular complexity index is 943. The van der Waals surface area contributed by atoms with E-state index in [0.717, 1.165) is 44.0 Å². The highest BCUT2D eigenvalue weighted by Gasteiger charge is 2.44. The van der Waals surface area contributed by atoms with Gasteiger partial charge in [0.05, 0.1) is 12.6 Å². The van der Waals surface area contributed by atoms with Gasteiger partial charge in [0, 0.05) is 19.2 Å². The van der Waals surface area contributed by atoms with Crippen LogP contribution in [0.4, 0.5) is 8.78 Å². The van der Waals surface area contributed by atoms with E-state index >= 15 is 0 Å². The molecule has 5 rings (SSSR count). The highest BCUT2D eigenvalue weighted by molar-refractivity contribution is 5.78. The van der Waals surface area contributed by atoms with Crippen molar-refractivity contribution in [2.75, 3.05) is 33.2 Å². The second kappa shape index (κ2) is 7.10. The summed E-state index contributed by atoms with van der Waals surface area (Å²) in [6.45, 7) is 3.26. The van der Waals surface area contributed by atoms with Crippen molar-refractivity contribution in [1.82, 2.24) is 9.80 Å². The number of ether oxygens (including phenoxy) is 1. The number of likely N-dealkylation sites (N-methyl/N-ethyl adjacent to an activating group) is 1. The maximum Gasteiger partial charge on any atom is 0.288 e. The molecule has 29 heavy (non-hydrogen) atoms. The van der Waals surface area contributed by atoms with Crippen molar-refractivity contribution in [3.8, 4) is 0 Å². The lowest BCUT2D eigenvalue weighted by Crippen LogP contribution is -2.51. The van der Waals surface area contributed by atoms with Crippen LogP contribution in [0.5, 0.6) is 0 Å². The second-order valence-electron chi connectivity index (χ2n) is 8.47. The van der Waals surface area contributed by atoms with Crippen LogP contribution in [-0.2, 0) is 11.2 Å². The Morgan fingerprint density at radius 3 is 2.69 bits per heavy atom. The lowest BCUT2D eigenvalue weighted by atomic mass is 9.88. The quantitative estimate of drug-likeness (QED) is 0.734. The van der Waals surface area contributed by atoms with E-state index < -0.39 is 11.6 Å². The van der Waals surface area contributed by atoms with Gasteiger partial charge in [-0.1, -0.05) is 24.3 Å². The molecular formula is C23H25F2N3O. The summed E-state index contributed by atoms with van der Waals surface area (Å²) in [5.41, 5.74) is 2.56. The molecule has 3 aliphatic heterocycles. The number of benzene rings is 2. The SMILES string of the molecule is CN1CCC[C@]2(CN=C(N3CCc4ccccc4[C@H]3c3cc(F)cc(F)c3)O2)C1. The minimum atomic E-state index is -0.567. The molecule has 0 amide bonds. The van der Waals surface area contributed by atoms with Crippen molar-refractivity contribution < 1.29 is 13.5 Å². The van der Waals surface area contributed by atoms with Gasteiger partial charge in [0.2, 0.25) is 0 Å². The maximum absolute atomic E-state index is 14.1. The Kier molecular flexibility index (Phi) is 4.54. The first-order valence-corrected chi connectivity index (χ1v) is 10.3. The van der Waals surface area contributed by atoms with Crippen LogP contribution in [0.25, 0.3) is 0 Å². The van der Waals surface area contributed by atoms with Gasteiger partial charge in [0.1, 0.15) is 17.2 Å². The summed E-state index contributed by atoms with van der Waals surface area (Å²) in [6.07, 6.45) is 2.91. The summed E-state index contributed by atoms with van der Waals surface area (Å²) < 4.78 is 34.6. The molecule has 1 saturated heterocycles. The van der Waals surface area contributed by atoms with Crippen molar-refractivity contribution in [3.63, 3.8) is 0 Å². The first-order chi connectivity index (χ1) is 14.0. The second-order valence-corrected chi connectivity index (χ2v) is 8.47. The van der Waals surface area contributed by atoms with E-state index in [1.807, 2.05) is 18.2 Å². The van der Waals surface area contributed by atoms with E-state index in [1.165, 1.54) is 17.7 Å². The zero-order valence-electron chi connectivity index (χ0n) is 16.6. The number of hydrogen-bond donors (Lipinski definition) is 0. The fraction of sp³-hybridized carbons (Fsp3) is 0.435. The number of amidine groups is 1. The zero-order chi connectivity index (χ0) is 20.0. The van der Waals surface area contributed by atoms with Crippen LogP contribution in [-0.4, -0.2) is 54.6 Å². The van der Waals surface area contributed by atoms with E-state index in [-0.39, 0.29) is 11.6 Å². The van der Waals surface area contributed by atoms with E-state index in [9.17, 15) is 8.78 Å². The van der Waals surface area contributed by atoms with Crippen molar-refractivity contribution in [2.24, 2.45) is 4.99 Å². The van der Waals surface area contributed by atoms with E-state index in [0.29, 0.717) is 24.7 Å². The summed E-state index contributed by atoms with van der Waals surface area (Å²) in [6, 6.07) is 12.1. The normalized spacial score (nSPS) is 26.9. The molecule has 2 aromatic carbocycles. The number of aliphatic imine (C=N–C) groups is 1. The third-order valence-corrected chi connectivity index (χ3v) is 6.27. The molecule has 2 aromatic rings. The molecule has 3 aliphatic rings. The summed E-state index contributed by atoms with van der Waals surface area (Å²) in [5.74, 6) is -1.13. The van der Waals surface area contributed by atoms with Crippen LogP contribution >= 0.6 is 0 Å². The predicted octanol–water partition coefficient (Wildman–Crippen LogP) is 3.76. The van der Waals surface area contributed by atoms with E-state index in [2.05, 4.69) is 22.9 Å². The van der Waals surface area contributed by atoms with Crippen LogP contribution in [0.1, 0.15) is 35.6 Å². The Morgan fingerprint density at radius 2 is 1.90 bits per heavy atom.